The number of methoxy groups -OCH3 is 1. The fourth-order valence-electron chi connectivity index (χ4n) is 6.14. The maximum Gasteiger partial charge on any atom is 0.414 e. The van der Waals surface area contributed by atoms with Crippen molar-refractivity contribution in [1.82, 2.24) is 29.8 Å². The van der Waals surface area contributed by atoms with E-state index in [9.17, 15) is 14.4 Å². The van der Waals surface area contributed by atoms with Gasteiger partial charge in [-0.25, -0.2) is 24.5 Å². The first-order valence-electron chi connectivity index (χ1n) is 16.8. The summed E-state index contributed by atoms with van der Waals surface area (Å²) in [6.07, 6.45) is 2.95. The van der Waals surface area contributed by atoms with Gasteiger partial charge >= 0.3 is 12.1 Å². The molecule has 0 radical (unpaired) electrons. The number of carbonyl (C=O) groups is 2. The highest BCUT2D eigenvalue weighted by atomic mass is 35.5. The molecule has 0 saturated heterocycles. The predicted molar refractivity (Wildman–Crippen MR) is 199 cm³/mol. The number of carbonyl (C=O) groups excluding carboxylic acids is 2. The molecule has 1 amide bonds. The van der Waals surface area contributed by atoms with E-state index in [1.807, 2.05) is 26.0 Å². The van der Waals surface area contributed by atoms with Gasteiger partial charge in [0.2, 0.25) is 5.95 Å². The molecular weight excluding hydrogens is 706 g/mol. The van der Waals surface area contributed by atoms with Gasteiger partial charge in [-0.2, -0.15) is 0 Å². The first-order valence-corrected chi connectivity index (χ1v) is 18.1. The zero-order valence-corrected chi connectivity index (χ0v) is 31.4. The van der Waals surface area contributed by atoms with Gasteiger partial charge in [0.15, 0.2) is 0 Å². The van der Waals surface area contributed by atoms with Gasteiger partial charge in [0.05, 0.1) is 40.8 Å². The van der Waals surface area contributed by atoms with Crippen LogP contribution in [0.25, 0.3) is 21.3 Å². The van der Waals surface area contributed by atoms with Crippen molar-refractivity contribution in [1.29, 1.82) is 0 Å². The van der Waals surface area contributed by atoms with Gasteiger partial charge < -0.3 is 19.5 Å². The Balaban J connectivity index is 1.14. The highest BCUT2D eigenvalue weighted by Crippen LogP contribution is 2.40. The second-order valence-electron chi connectivity index (χ2n) is 13.5. The smallest absolute Gasteiger partial charge is 0.414 e. The van der Waals surface area contributed by atoms with Crippen molar-refractivity contribution in [2.75, 3.05) is 19.0 Å². The molecule has 1 aliphatic carbocycles. The van der Waals surface area contributed by atoms with E-state index in [1.165, 1.54) is 18.4 Å². The molecule has 15 heteroatoms. The topological polar surface area (TPSA) is 159 Å². The van der Waals surface area contributed by atoms with Crippen LogP contribution in [-0.2, 0) is 35.4 Å². The van der Waals surface area contributed by atoms with Gasteiger partial charge in [-0.15, -0.1) is 11.3 Å². The minimum Gasteiger partial charge on any atom is -0.491 e. The molecule has 0 saturated carbocycles. The highest BCUT2D eigenvalue weighted by molar-refractivity contribution is 7.18. The van der Waals surface area contributed by atoms with Crippen LogP contribution in [0.4, 0.5) is 10.7 Å². The lowest BCUT2D eigenvalue weighted by Gasteiger charge is -2.26. The number of esters is 1. The van der Waals surface area contributed by atoms with Crippen molar-refractivity contribution in [3.8, 4) is 16.9 Å². The van der Waals surface area contributed by atoms with Crippen LogP contribution < -0.4 is 20.9 Å². The number of nitrogens with zero attached hydrogens (tertiary/aromatic N) is 5. The number of fused-ring (bicyclic) bond motifs is 2. The number of halogens is 1. The van der Waals surface area contributed by atoms with E-state index >= 15 is 0 Å². The molecule has 0 aliphatic heterocycles. The molecule has 4 aromatic heterocycles. The summed E-state index contributed by atoms with van der Waals surface area (Å²) in [6.45, 7) is 9.97. The van der Waals surface area contributed by atoms with E-state index in [0.717, 1.165) is 33.6 Å². The zero-order valence-electron chi connectivity index (χ0n) is 29.8. The van der Waals surface area contributed by atoms with Gasteiger partial charge in [0.25, 0.3) is 5.56 Å². The Hall–Kier alpha value is -4.92. The average molecular weight is 746 g/mol. The Morgan fingerprint density at radius 2 is 1.90 bits per heavy atom. The molecule has 0 spiro atoms. The van der Waals surface area contributed by atoms with Crippen molar-refractivity contribution >= 4 is 51.2 Å². The first kappa shape index (κ1) is 36.9. The van der Waals surface area contributed by atoms with Crippen LogP contribution in [0.1, 0.15) is 66.0 Å². The fourth-order valence-corrected chi connectivity index (χ4v) is 7.32. The lowest BCUT2D eigenvalue weighted by atomic mass is 9.92. The maximum atomic E-state index is 13.8. The molecule has 1 atom stereocenters. The van der Waals surface area contributed by atoms with E-state index in [2.05, 4.69) is 25.6 Å². The largest absolute Gasteiger partial charge is 0.491 e. The highest BCUT2D eigenvalue weighted by Gasteiger charge is 2.25. The summed E-state index contributed by atoms with van der Waals surface area (Å²) in [7, 11) is 1.35. The van der Waals surface area contributed by atoms with E-state index in [4.69, 9.17) is 30.8 Å². The van der Waals surface area contributed by atoms with Crippen LogP contribution in [0.3, 0.4) is 0 Å². The number of nitrogens with one attached hydrogen (secondary N) is 2. The molecule has 0 bridgehead atoms. The number of thiophene rings is 1. The van der Waals surface area contributed by atoms with E-state index in [0.29, 0.717) is 58.3 Å². The summed E-state index contributed by atoms with van der Waals surface area (Å²) in [5, 5.41) is 8.34. The molecule has 52 heavy (non-hydrogen) atoms. The number of aromatic nitrogens is 5. The summed E-state index contributed by atoms with van der Waals surface area (Å²) in [4.78, 5) is 56.4. The first-order chi connectivity index (χ1) is 24.8. The van der Waals surface area contributed by atoms with Gasteiger partial charge in [0, 0.05) is 51.6 Å². The van der Waals surface area contributed by atoms with E-state index < -0.39 is 17.7 Å². The van der Waals surface area contributed by atoms with Crippen molar-refractivity contribution in [3.63, 3.8) is 0 Å². The number of benzene rings is 1. The third kappa shape index (κ3) is 8.41. The third-order valence-electron chi connectivity index (χ3n) is 8.48. The van der Waals surface area contributed by atoms with Crippen LogP contribution in [0.15, 0.2) is 46.7 Å². The molecule has 4 heterocycles. The Morgan fingerprint density at radius 3 is 2.67 bits per heavy atom. The zero-order chi connectivity index (χ0) is 37.2. The number of rotatable bonds is 10. The number of pyridine rings is 1. The van der Waals surface area contributed by atoms with Crippen LogP contribution in [0.2, 0.25) is 5.02 Å². The van der Waals surface area contributed by atoms with Crippen molar-refractivity contribution in [2.45, 2.75) is 78.6 Å². The normalized spacial score (nSPS) is 14.2. The van der Waals surface area contributed by atoms with Crippen molar-refractivity contribution in [2.24, 2.45) is 0 Å². The number of anilines is 1. The monoisotopic (exact) mass is 745 g/mol. The fraction of sp³-hybridized carbons (Fsp3) is 0.378. The summed E-state index contributed by atoms with van der Waals surface area (Å²) < 4.78 is 19.1. The van der Waals surface area contributed by atoms with Gasteiger partial charge in [-0.3, -0.25) is 19.7 Å². The van der Waals surface area contributed by atoms with Gasteiger partial charge in [0.1, 0.15) is 23.8 Å². The molecule has 13 nitrogen and oxygen atoms in total. The molecule has 1 aromatic carbocycles. The molecule has 272 valence electrons. The summed E-state index contributed by atoms with van der Waals surface area (Å²) in [6, 6.07) is 9.13. The van der Waals surface area contributed by atoms with Crippen LogP contribution in [0, 0.1) is 13.8 Å². The van der Waals surface area contributed by atoms with E-state index in [1.54, 1.807) is 55.1 Å². The van der Waals surface area contributed by atoms with Gasteiger partial charge in [-0.05, 0) is 84.2 Å². The minimum atomic E-state index is -0.642. The summed E-state index contributed by atoms with van der Waals surface area (Å²) in [5.74, 6) is 0.913. The number of amides is 1. The molecule has 2 N–H and O–H groups in total. The SMILES string of the molecule is COC(=O)c1csc2c(-c3cc(Cl)ccc3OCCn3c(C)nc4c(c3=O)CC(NCc3ccnc(NC(=O)OC(C)(C)C)n3)CC4)cc(C)nc12. The molecule has 1 aliphatic rings. The number of hydrogen-bond acceptors (Lipinski definition) is 12. The number of ether oxygens (including phenoxy) is 3. The van der Waals surface area contributed by atoms with Gasteiger partial charge in [-0.1, -0.05) is 11.6 Å². The molecule has 6 rings (SSSR count). The Labute approximate surface area is 309 Å². The predicted octanol–water partition coefficient (Wildman–Crippen LogP) is 6.44. The van der Waals surface area contributed by atoms with Crippen molar-refractivity contribution < 1.29 is 23.8 Å². The molecule has 0 fully saturated rings. The Kier molecular flexibility index (Phi) is 10.9. The van der Waals surface area contributed by atoms with E-state index in [-0.39, 0.29) is 30.7 Å². The molecule has 5 aromatic rings. The number of hydrogen-bond donors (Lipinski definition) is 2. The Morgan fingerprint density at radius 1 is 1.10 bits per heavy atom. The number of aryl methyl sites for hydroxylation is 3. The second kappa shape index (κ2) is 15.4. The van der Waals surface area contributed by atoms with Crippen LogP contribution >= 0.6 is 22.9 Å². The van der Waals surface area contributed by atoms with Crippen LogP contribution in [0.5, 0.6) is 5.75 Å². The third-order valence-corrected chi connectivity index (χ3v) is 9.72. The van der Waals surface area contributed by atoms with Crippen molar-refractivity contribution in [3.05, 3.63) is 91.3 Å². The summed E-state index contributed by atoms with van der Waals surface area (Å²) >= 11 is 7.86. The second-order valence-corrected chi connectivity index (χ2v) is 14.8. The Bertz CT molecular complexity index is 2210. The quantitative estimate of drug-likeness (QED) is 0.152. The minimum absolute atomic E-state index is 0.0286. The van der Waals surface area contributed by atoms with Crippen LogP contribution in [-0.4, -0.2) is 61.9 Å². The maximum absolute atomic E-state index is 13.8. The summed E-state index contributed by atoms with van der Waals surface area (Å²) in [5.41, 5.74) is 4.74. The molecular formula is C37H40ClN7O6S. The lowest BCUT2D eigenvalue weighted by molar-refractivity contribution is 0.0600. The standard InChI is InChI=1S/C37H40ClN7O6S/c1-20-15-26(32-31(41-20)28(19-52-32)34(47)49-6)25-16-22(38)7-10-30(25)50-14-13-45-21(2)42-29-9-8-23(17-27(29)33(45)46)40-18-24-11-12-39-35(43-24)44-36(48)51-37(3,4)5/h7,10-12,15-16,19,23,40H,8-9,13-14,17-18H2,1-6H3,(H,39,43,44,48). The molecule has 1 unspecified atom stereocenters. The lowest BCUT2D eigenvalue weighted by Crippen LogP contribution is -2.40. The average Bonchev–Trinajstić information content (AvgIpc) is 3.52.